The standard InChI is InChI=1S/C28H22F4N6O3/c29-20-14-16(35-26(39)19-15-34-38(24(19)28(30,31)32)18-8-2-1-3-9-18)10-11-21(20)41-22-12-13-33-25-23(22)37(27(40)36-25)17-6-4-5-7-17/h1-3,8-15,17H,4-7H2,(H,35,39)(H,33,36,40). The fourth-order valence-corrected chi connectivity index (χ4v) is 5.15. The topological polar surface area (TPSA) is 107 Å². The predicted molar refractivity (Wildman–Crippen MR) is 141 cm³/mol. The Labute approximate surface area is 229 Å². The summed E-state index contributed by atoms with van der Waals surface area (Å²) in [6.45, 7) is 0. The maximum atomic E-state index is 15.1. The monoisotopic (exact) mass is 566 g/mol. The highest BCUT2D eigenvalue weighted by Crippen LogP contribution is 2.37. The Hall–Kier alpha value is -4.94. The molecule has 1 fully saturated rings. The fourth-order valence-electron chi connectivity index (χ4n) is 5.15. The van der Waals surface area contributed by atoms with Gasteiger partial charge in [-0.1, -0.05) is 31.0 Å². The number of para-hydroxylation sites is 1. The summed E-state index contributed by atoms with van der Waals surface area (Å²) in [6, 6.07) is 12.5. The van der Waals surface area contributed by atoms with Gasteiger partial charge in [-0.05, 0) is 37.1 Å². The molecule has 0 spiro atoms. The number of alkyl halides is 3. The maximum Gasteiger partial charge on any atom is 0.434 e. The number of imidazole rings is 1. The van der Waals surface area contributed by atoms with Gasteiger partial charge < -0.3 is 10.1 Å². The number of H-pyrrole nitrogens is 1. The first-order chi connectivity index (χ1) is 19.7. The number of halogens is 4. The molecule has 0 bridgehead atoms. The number of ether oxygens (including phenoxy) is 1. The van der Waals surface area contributed by atoms with E-state index in [1.807, 2.05) is 0 Å². The molecule has 1 amide bonds. The van der Waals surface area contributed by atoms with Gasteiger partial charge in [0, 0.05) is 30.1 Å². The second-order valence-electron chi connectivity index (χ2n) is 9.60. The van der Waals surface area contributed by atoms with Crippen LogP contribution in [-0.2, 0) is 6.18 Å². The van der Waals surface area contributed by atoms with Crippen LogP contribution in [-0.4, -0.2) is 30.2 Å². The zero-order valence-electron chi connectivity index (χ0n) is 21.3. The van der Waals surface area contributed by atoms with Crippen LogP contribution in [0.2, 0.25) is 0 Å². The van der Waals surface area contributed by atoms with Crippen molar-refractivity contribution in [1.29, 1.82) is 0 Å². The number of anilines is 1. The molecule has 0 atom stereocenters. The number of rotatable bonds is 6. The van der Waals surface area contributed by atoms with Crippen LogP contribution in [0.15, 0.2) is 71.8 Å². The molecule has 0 radical (unpaired) electrons. The van der Waals surface area contributed by atoms with Gasteiger partial charge in [0.05, 0.1) is 17.4 Å². The first kappa shape index (κ1) is 26.3. The molecule has 1 aliphatic carbocycles. The summed E-state index contributed by atoms with van der Waals surface area (Å²) in [7, 11) is 0. The highest BCUT2D eigenvalue weighted by molar-refractivity contribution is 6.05. The van der Waals surface area contributed by atoms with Gasteiger partial charge in [0.25, 0.3) is 5.91 Å². The van der Waals surface area contributed by atoms with Crippen LogP contribution in [0.5, 0.6) is 11.5 Å². The molecule has 0 aliphatic heterocycles. The molecule has 3 aromatic heterocycles. The lowest BCUT2D eigenvalue weighted by Crippen LogP contribution is -2.20. The van der Waals surface area contributed by atoms with Crippen LogP contribution in [0.25, 0.3) is 16.9 Å². The van der Waals surface area contributed by atoms with E-state index in [-0.39, 0.29) is 34.6 Å². The van der Waals surface area contributed by atoms with Gasteiger partial charge in [0.2, 0.25) is 0 Å². The summed E-state index contributed by atoms with van der Waals surface area (Å²) in [5.74, 6) is -2.00. The third-order valence-electron chi connectivity index (χ3n) is 6.95. The van der Waals surface area contributed by atoms with E-state index in [1.54, 1.807) is 22.8 Å². The number of aromatic amines is 1. The van der Waals surface area contributed by atoms with Crippen molar-refractivity contribution in [3.05, 3.63) is 94.5 Å². The van der Waals surface area contributed by atoms with Gasteiger partial charge in [0.15, 0.2) is 28.7 Å². The molecule has 210 valence electrons. The maximum absolute atomic E-state index is 15.1. The number of pyridine rings is 1. The van der Waals surface area contributed by atoms with Crippen molar-refractivity contribution in [3.8, 4) is 17.2 Å². The summed E-state index contributed by atoms with van der Waals surface area (Å²) in [6.07, 6.45) is 0.963. The lowest BCUT2D eigenvalue weighted by Gasteiger charge is -2.15. The lowest BCUT2D eigenvalue weighted by molar-refractivity contribution is -0.143. The first-order valence-electron chi connectivity index (χ1n) is 12.8. The van der Waals surface area contributed by atoms with Gasteiger partial charge >= 0.3 is 11.9 Å². The second kappa shape index (κ2) is 10.2. The number of hydrogen-bond acceptors (Lipinski definition) is 5. The smallest absolute Gasteiger partial charge is 0.434 e. The number of aromatic nitrogens is 5. The highest BCUT2D eigenvalue weighted by atomic mass is 19.4. The predicted octanol–water partition coefficient (Wildman–Crippen LogP) is 6.23. The van der Waals surface area contributed by atoms with Crippen molar-refractivity contribution in [3.63, 3.8) is 0 Å². The summed E-state index contributed by atoms with van der Waals surface area (Å²) < 4.78 is 65.0. The Morgan fingerprint density at radius 1 is 1.05 bits per heavy atom. The van der Waals surface area contributed by atoms with Crippen LogP contribution in [0.3, 0.4) is 0 Å². The molecular formula is C28H22F4N6O3. The van der Waals surface area contributed by atoms with Gasteiger partial charge in [-0.3, -0.25) is 14.3 Å². The van der Waals surface area contributed by atoms with Gasteiger partial charge in [-0.15, -0.1) is 0 Å². The Morgan fingerprint density at radius 3 is 2.51 bits per heavy atom. The lowest BCUT2D eigenvalue weighted by atomic mass is 10.2. The number of nitrogens with zero attached hydrogens (tertiary/aromatic N) is 4. The van der Waals surface area contributed by atoms with Crippen molar-refractivity contribution >= 4 is 22.8 Å². The van der Waals surface area contributed by atoms with Crippen molar-refractivity contribution in [2.24, 2.45) is 0 Å². The molecule has 9 nitrogen and oxygen atoms in total. The van der Waals surface area contributed by atoms with E-state index in [9.17, 15) is 22.8 Å². The number of carbonyl (C=O) groups is 1. The van der Waals surface area contributed by atoms with E-state index in [2.05, 4.69) is 20.4 Å². The molecule has 2 aromatic carbocycles. The SMILES string of the molecule is O=C(Nc1ccc(Oc2ccnc3[nH]c(=O)n(C4CCCC4)c23)c(F)c1)c1cnn(-c2ccccc2)c1C(F)(F)F. The molecule has 2 N–H and O–H groups in total. The zero-order chi connectivity index (χ0) is 28.7. The molecule has 41 heavy (non-hydrogen) atoms. The van der Waals surface area contributed by atoms with Crippen LogP contribution >= 0.6 is 0 Å². The average Bonchev–Trinajstić information content (AvgIpc) is 3.69. The summed E-state index contributed by atoms with van der Waals surface area (Å²) in [5, 5.41) is 6.06. The third kappa shape index (κ3) is 4.94. The quantitative estimate of drug-likeness (QED) is 0.237. The minimum absolute atomic E-state index is 0.0296. The summed E-state index contributed by atoms with van der Waals surface area (Å²) in [4.78, 5) is 32.4. The number of nitrogens with one attached hydrogen (secondary N) is 2. The Bertz CT molecular complexity index is 1800. The van der Waals surface area contributed by atoms with Crippen LogP contribution < -0.4 is 15.7 Å². The highest BCUT2D eigenvalue weighted by Gasteiger charge is 2.40. The van der Waals surface area contributed by atoms with E-state index in [0.717, 1.165) is 37.9 Å². The van der Waals surface area contributed by atoms with Crippen LogP contribution in [0.1, 0.15) is 47.8 Å². The van der Waals surface area contributed by atoms with Crippen LogP contribution in [0, 0.1) is 5.82 Å². The number of hydrogen-bond donors (Lipinski definition) is 2. The molecule has 0 unspecified atom stereocenters. The summed E-state index contributed by atoms with van der Waals surface area (Å²) >= 11 is 0. The molecule has 0 saturated heterocycles. The molecule has 5 aromatic rings. The van der Waals surface area contributed by atoms with E-state index in [1.165, 1.54) is 36.5 Å². The van der Waals surface area contributed by atoms with Gasteiger partial charge in [-0.25, -0.2) is 18.9 Å². The van der Waals surface area contributed by atoms with Crippen molar-refractivity contribution in [2.75, 3.05) is 5.32 Å². The zero-order valence-corrected chi connectivity index (χ0v) is 21.3. The Kier molecular flexibility index (Phi) is 6.56. The van der Waals surface area contributed by atoms with Crippen molar-refractivity contribution in [2.45, 2.75) is 37.9 Å². The van der Waals surface area contributed by atoms with Gasteiger partial charge in [0.1, 0.15) is 5.52 Å². The molecule has 3 heterocycles. The van der Waals surface area contributed by atoms with Crippen molar-refractivity contribution in [1.82, 2.24) is 24.3 Å². The minimum atomic E-state index is -4.89. The Balaban J connectivity index is 1.27. The fraction of sp³-hybridized carbons (Fsp3) is 0.214. The van der Waals surface area contributed by atoms with Gasteiger partial charge in [-0.2, -0.15) is 18.3 Å². The normalized spacial score (nSPS) is 14.0. The number of carbonyl (C=O) groups excluding carboxylic acids is 1. The van der Waals surface area contributed by atoms with Crippen LogP contribution in [0.4, 0.5) is 23.2 Å². The van der Waals surface area contributed by atoms with Crippen molar-refractivity contribution < 1.29 is 27.1 Å². The van der Waals surface area contributed by atoms with E-state index in [4.69, 9.17) is 4.74 Å². The van der Waals surface area contributed by atoms with E-state index >= 15 is 4.39 Å². The first-order valence-corrected chi connectivity index (χ1v) is 12.8. The Morgan fingerprint density at radius 2 is 1.80 bits per heavy atom. The number of amides is 1. The molecular weight excluding hydrogens is 544 g/mol. The average molecular weight is 567 g/mol. The largest absolute Gasteiger partial charge is 0.452 e. The van der Waals surface area contributed by atoms with E-state index < -0.39 is 29.2 Å². The third-order valence-corrected chi connectivity index (χ3v) is 6.95. The number of fused-ring (bicyclic) bond motifs is 1. The second-order valence-corrected chi connectivity index (χ2v) is 9.60. The summed E-state index contributed by atoms with van der Waals surface area (Å²) in [5.41, 5.74) is -1.57. The molecule has 13 heteroatoms. The van der Waals surface area contributed by atoms with E-state index in [0.29, 0.717) is 15.8 Å². The molecule has 6 rings (SSSR count). The number of benzene rings is 2. The minimum Gasteiger partial charge on any atom is -0.452 e. The molecule has 1 aliphatic rings. The molecule has 1 saturated carbocycles.